The topological polar surface area (TPSA) is 9.23 Å². The summed E-state index contributed by atoms with van der Waals surface area (Å²) in [7, 11) is 0. The van der Waals surface area contributed by atoms with Gasteiger partial charge in [0.05, 0.1) is 6.10 Å². The Morgan fingerprint density at radius 3 is 2.00 bits per heavy atom. The van der Waals surface area contributed by atoms with E-state index in [2.05, 4.69) is 31.9 Å². The molecule has 0 radical (unpaired) electrons. The first-order valence-corrected chi connectivity index (χ1v) is 5.29. The molecule has 0 aliphatic heterocycles. The Morgan fingerprint density at radius 2 is 1.58 bits per heavy atom. The molecule has 0 atom stereocenters. The van der Waals surface area contributed by atoms with Gasteiger partial charge >= 0.3 is 0 Å². The van der Waals surface area contributed by atoms with Crippen LogP contribution in [0.5, 0.6) is 5.75 Å². The lowest BCUT2D eigenvalue weighted by atomic mass is 10.3. The lowest BCUT2D eigenvalue weighted by Crippen LogP contribution is -2.05. The molecule has 0 N–H and O–H groups in total. The molecule has 0 saturated carbocycles. The Balaban J connectivity index is 2.85. The number of hydrogen-bond acceptors (Lipinski definition) is 1. The van der Waals surface area contributed by atoms with Crippen LogP contribution in [-0.2, 0) is 0 Å². The van der Waals surface area contributed by atoms with Crippen molar-refractivity contribution in [3.05, 3.63) is 27.1 Å². The van der Waals surface area contributed by atoms with E-state index in [1.54, 1.807) is 0 Å². The van der Waals surface area contributed by atoms with Gasteiger partial charge in [-0.25, -0.2) is 0 Å². The molecule has 0 spiro atoms. The Bertz CT molecular complexity index is 251. The molecule has 66 valence electrons. The van der Waals surface area contributed by atoms with E-state index in [1.807, 2.05) is 32.0 Å². The number of ether oxygens (including phenoxy) is 1. The van der Waals surface area contributed by atoms with E-state index < -0.39 is 0 Å². The van der Waals surface area contributed by atoms with Crippen molar-refractivity contribution in [2.75, 3.05) is 0 Å². The maximum atomic E-state index is 5.52. The lowest BCUT2D eigenvalue weighted by Gasteiger charge is -2.09. The van der Waals surface area contributed by atoms with Crippen molar-refractivity contribution in [2.45, 2.75) is 20.0 Å². The minimum absolute atomic E-state index is 0.214. The molecule has 0 bridgehead atoms. The van der Waals surface area contributed by atoms with Gasteiger partial charge in [0.2, 0.25) is 0 Å². The second-order valence-corrected chi connectivity index (χ2v) is 4.60. The summed E-state index contributed by atoms with van der Waals surface area (Å²) >= 11 is 6.79. The van der Waals surface area contributed by atoms with Crippen molar-refractivity contribution in [3.63, 3.8) is 0 Å². The van der Waals surface area contributed by atoms with Crippen LogP contribution in [0.2, 0.25) is 0 Å². The van der Waals surface area contributed by atoms with E-state index in [1.165, 1.54) is 0 Å². The van der Waals surface area contributed by atoms with Gasteiger partial charge in [0.1, 0.15) is 5.75 Å². The molecular formula is C9H10Br2O. The molecule has 1 aromatic carbocycles. The number of rotatable bonds is 2. The minimum atomic E-state index is 0.214. The maximum Gasteiger partial charge on any atom is 0.121 e. The van der Waals surface area contributed by atoms with Gasteiger partial charge in [0.15, 0.2) is 0 Å². The fourth-order valence-electron chi connectivity index (χ4n) is 0.869. The fourth-order valence-corrected chi connectivity index (χ4v) is 2.12. The van der Waals surface area contributed by atoms with Crippen LogP contribution in [0.15, 0.2) is 27.1 Å². The number of benzene rings is 1. The van der Waals surface area contributed by atoms with Gasteiger partial charge in [-0.1, -0.05) is 31.9 Å². The molecule has 0 fully saturated rings. The first-order valence-electron chi connectivity index (χ1n) is 3.70. The largest absolute Gasteiger partial charge is 0.491 e. The van der Waals surface area contributed by atoms with Crippen LogP contribution in [0.3, 0.4) is 0 Å². The third kappa shape index (κ3) is 3.15. The molecule has 1 rings (SSSR count). The van der Waals surface area contributed by atoms with Gasteiger partial charge in [0, 0.05) is 8.95 Å². The Morgan fingerprint density at radius 1 is 1.08 bits per heavy atom. The monoisotopic (exact) mass is 292 g/mol. The van der Waals surface area contributed by atoms with Crippen molar-refractivity contribution in [1.82, 2.24) is 0 Å². The van der Waals surface area contributed by atoms with Gasteiger partial charge in [-0.2, -0.15) is 0 Å². The molecule has 1 aromatic rings. The highest BCUT2D eigenvalue weighted by Crippen LogP contribution is 2.25. The smallest absolute Gasteiger partial charge is 0.121 e. The van der Waals surface area contributed by atoms with Crippen molar-refractivity contribution in [2.24, 2.45) is 0 Å². The van der Waals surface area contributed by atoms with Gasteiger partial charge in [-0.3, -0.25) is 0 Å². The molecule has 0 saturated heterocycles. The quantitative estimate of drug-likeness (QED) is 0.801. The Labute approximate surface area is 89.4 Å². The van der Waals surface area contributed by atoms with Crippen LogP contribution in [0.1, 0.15) is 13.8 Å². The summed E-state index contributed by atoms with van der Waals surface area (Å²) in [5, 5.41) is 0. The molecule has 0 aliphatic rings. The molecule has 0 amide bonds. The van der Waals surface area contributed by atoms with Crippen molar-refractivity contribution >= 4 is 31.9 Å². The zero-order valence-corrected chi connectivity index (χ0v) is 10.1. The Hall–Kier alpha value is -0.0200. The molecule has 0 unspecified atom stereocenters. The van der Waals surface area contributed by atoms with Crippen molar-refractivity contribution in [3.8, 4) is 5.75 Å². The average Bonchev–Trinajstić information content (AvgIpc) is 1.81. The molecular weight excluding hydrogens is 284 g/mol. The van der Waals surface area contributed by atoms with Crippen LogP contribution in [0, 0.1) is 0 Å². The summed E-state index contributed by atoms with van der Waals surface area (Å²) in [5.74, 6) is 0.881. The highest BCUT2D eigenvalue weighted by atomic mass is 79.9. The first-order chi connectivity index (χ1) is 5.58. The number of hydrogen-bond donors (Lipinski definition) is 0. The van der Waals surface area contributed by atoms with Crippen LogP contribution in [0.25, 0.3) is 0 Å². The third-order valence-corrected chi connectivity index (χ3v) is 2.12. The van der Waals surface area contributed by atoms with E-state index >= 15 is 0 Å². The maximum absolute atomic E-state index is 5.52. The second kappa shape index (κ2) is 4.28. The van der Waals surface area contributed by atoms with Gasteiger partial charge in [0.25, 0.3) is 0 Å². The van der Waals surface area contributed by atoms with Crippen molar-refractivity contribution < 1.29 is 4.74 Å². The molecule has 0 aromatic heterocycles. The summed E-state index contributed by atoms with van der Waals surface area (Å²) in [4.78, 5) is 0. The Kier molecular flexibility index (Phi) is 3.59. The average molecular weight is 294 g/mol. The van der Waals surface area contributed by atoms with Gasteiger partial charge in [-0.15, -0.1) is 0 Å². The first kappa shape index (κ1) is 10.1. The molecule has 0 aliphatic carbocycles. The van der Waals surface area contributed by atoms with Gasteiger partial charge < -0.3 is 4.74 Å². The van der Waals surface area contributed by atoms with Crippen LogP contribution >= 0.6 is 31.9 Å². The van der Waals surface area contributed by atoms with Crippen LogP contribution in [-0.4, -0.2) is 6.10 Å². The zero-order valence-electron chi connectivity index (χ0n) is 6.97. The van der Waals surface area contributed by atoms with E-state index in [0.29, 0.717) is 0 Å². The molecule has 0 heterocycles. The third-order valence-electron chi connectivity index (χ3n) is 1.21. The van der Waals surface area contributed by atoms with E-state index in [4.69, 9.17) is 4.74 Å². The lowest BCUT2D eigenvalue weighted by molar-refractivity contribution is 0.242. The number of halogens is 2. The van der Waals surface area contributed by atoms with Crippen LogP contribution in [0.4, 0.5) is 0 Å². The summed E-state index contributed by atoms with van der Waals surface area (Å²) in [6.45, 7) is 4.02. The molecule has 3 heteroatoms. The standard InChI is InChI=1S/C9H10Br2O/c1-6(2)12-9-4-7(10)3-8(11)5-9/h3-6H,1-2H3. The highest BCUT2D eigenvalue weighted by molar-refractivity contribution is 9.11. The van der Waals surface area contributed by atoms with E-state index in [-0.39, 0.29) is 6.10 Å². The van der Waals surface area contributed by atoms with Gasteiger partial charge in [-0.05, 0) is 32.0 Å². The highest BCUT2D eigenvalue weighted by Gasteiger charge is 1.99. The predicted molar refractivity (Wildman–Crippen MR) is 57.6 cm³/mol. The minimum Gasteiger partial charge on any atom is -0.491 e. The molecule has 12 heavy (non-hydrogen) atoms. The van der Waals surface area contributed by atoms with Crippen molar-refractivity contribution in [1.29, 1.82) is 0 Å². The van der Waals surface area contributed by atoms with E-state index in [9.17, 15) is 0 Å². The molecule has 1 nitrogen and oxygen atoms in total. The summed E-state index contributed by atoms with van der Waals surface area (Å²) in [6, 6.07) is 5.88. The fraction of sp³-hybridized carbons (Fsp3) is 0.333. The second-order valence-electron chi connectivity index (χ2n) is 2.77. The summed E-state index contributed by atoms with van der Waals surface area (Å²) in [5.41, 5.74) is 0. The summed E-state index contributed by atoms with van der Waals surface area (Å²) in [6.07, 6.45) is 0.214. The SMILES string of the molecule is CC(C)Oc1cc(Br)cc(Br)c1. The summed E-state index contributed by atoms with van der Waals surface area (Å²) < 4.78 is 7.56. The van der Waals surface area contributed by atoms with Crippen LogP contribution < -0.4 is 4.74 Å². The normalized spacial score (nSPS) is 10.4. The zero-order chi connectivity index (χ0) is 9.14. The predicted octanol–water partition coefficient (Wildman–Crippen LogP) is 4.00. The van der Waals surface area contributed by atoms with E-state index in [0.717, 1.165) is 14.7 Å².